The second kappa shape index (κ2) is 8.91. The molecule has 1 saturated carbocycles. The Hall–Kier alpha value is -2.92. The van der Waals surface area contributed by atoms with Gasteiger partial charge in [0.25, 0.3) is 0 Å². The molecule has 0 bridgehead atoms. The number of anilines is 2. The molecule has 32 heavy (non-hydrogen) atoms. The number of rotatable bonds is 5. The molecule has 2 heterocycles. The molecule has 0 spiro atoms. The van der Waals surface area contributed by atoms with Gasteiger partial charge in [-0.1, -0.05) is 48.7 Å². The molecular formula is C26H27ClN4O. The van der Waals surface area contributed by atoms with Gasteiger partial charge >= 0.3 is 0 Å². The summed E-state index contributed by atoms with van der Waals surface area (Å²) in [6, 6.07) is 19.6. The van der Waals surface area contributed by atoms with Crippen molar-refractivity contribution in [3.8, 4) is 11.3 Å². The van der Waals surface area contributed by atoms with Gasteiger partial charge in [-0.3, -0.25) is 4.79 Å². The molecule has 5 rings (SSSR count). The van der Waals surface area contributed by atoms with E-state index in [1.54, 1.807) is 0 Å². The van der Waals surface area contributed by atoms with Gasteiger partial charge in [0.2, 0.25) is 5.91 Å². The second-order valence-electron chi connectivity index (χ2n) is 8.80. The quantitative estimate of drug-likeness (QED) is 0.534. The van der Waals surface area contributed by atoms with Crippen LogP contribution in [-0.4, -0.2) is 29.2 Å². The van der Waals surface area contributed by atoms with E-state index in [0.29, 0.717) is 5.02 Å². The number of hydrogen-bond acceptors (Lipinski definition) is 4. The van der Waals surface area contributed by atoms with E-state index < -0.39 is 5.41 Å². The van der Waals surface area contributed by atoms with E-state index in [1.165, 1.54) is 12.8 Å². The minimum atomic E-state index is -0.502. The summed E-state index contributed by atoms with van der Waals surface area (Å²) in [5, 5.41) is 12.7. The van der Waals surface area contributed by atoms with E-state index >= 15 is 0 Å². The number of carbonyl (C=O) groups is 1. The van der Waals surface area contributed by atoms with Crippen LogP contribution in [0.15, 0.2) is 60.7 Å². The molecule has 3 aromatic rings. The van der Waals surface area contributed by atoms with Crippen LogP contribution in [0.3, 0.4) is 0 Å². The number of aromatic nitrogens is 2. The highest BCUT2D eigenvalue weighted by molar-refractivity contribution is 6.30. The zero-order chi connectivity index (χ0) is 22.0. The van der Waals surface area contributed by atoms with Gasteiger partial charge in [-0.05, 0) is 67.6 Å². The summed E-state index contributed by atoms with van der Waals surface area (Å²) in [6.07, 6.45) is 6.22. The number of hydrogen-bond donors (Lipinski definition) is 1. The number of nitrogens with one attached hydrogen (secondary N) is 1. The van der Waals surface area contributed by atoms with E-state index in [1.807, 2.05) is 60.7 Å². The summed E-state index contributed by atoms with van der Waals surface area (Å²) in [7, 11) is 0. The third-order valence-electron chi connectivity index (χ3n) is 6.79. The Bertz CT molecular complexity index is 1090. The molecule has 0 radical (unpaired) electrons. The van der Waals surface area contributed by atoms with Gasteiger partial charge in [0.05, 0.1) is 11.1 Å². The van der Waals surface area contributed by atoms with Crippen LogP contribution in [0.25, 0.3) is 11.3 Å². The van der Waals surface area contributed by atoms with Crippen molar-refractivity contribution in [3.63, 3.8) is 0 Å². The van der Waals surface area contributed by atoms with E-state index in [2.05, 4.69) is 20.4 Å². The monoisotopic (exact) mass is 446 g/mol. The van der Waals surface area contributed by atoms with Crippen molar-refractivity contribution in [1.82, 2.24) is 10.2 Å². The van der Waals surface area contributed by atoms with E-state index in [4.69, 9.17) is 11.6 Å². The molecule has 1 N–H and O–H groups in total. The summed E-state index contributed by atoms with van der Waals surface area (Å²) in [6.45, 7) is 2.09. The summed E-state index contributed by atoms with van der Waals surface area (Å²) in [4.78, 5) is 15.8. The molecule has 1 saturated heterocycles. The largest absolute Gasteiger partial charge is 0.355 e. The molecule has 1 aliphatic carbocycles. The molecule has 0 atom stereocenters. The van der Waals surface area contributed by atoms with Crippen molar-refractivity contribution in [3.05, 3.63) is 71.2 Å². The number of halogens is 1. The minimum absolute atomic E-state index is 0.0462. The lowest BCUT2D eigenvalue weighted by Gasteiger charge is -2.28. The molecule has 1 aliphatic heterocycles. The summed E-state index contributed by atoms with van der Waals surface area (Å²) in [5.74, 6) is 0.979. The molecule has 2 fully saturated rings. The maximum absolute atomic E-state index is 13.5. The van der Waals surface area contributed by atoms with Crippen molar-refractivity contribution in [2.75, 3.05) is 23.3 Å². The lowest BCUT2D eigenvalue weighted by Crippen LogP contribution is -2.37. The predicted octanol–water partition coefficient (Wildman–Crippen LogP) is 5.85. The fourth-order valence-corrected chi connectivity index (χ4v) is 5.12. The first-order valence-corrected chi connectivity index (χ1v) is 11.8. The minimum Gasteiger partial charge on any atom is -0.355 e. The molecule has 1 aromatic heterocycles. The van der Waals surface area contributed by atoms with Gasteiger partial charge in [-0.15, -0.1) is 10.2 Å². The summed E-state index contributed by atoms with van der Waals surface area (Å²) < 4.78 is 0. The van der Waals surface area contributed by atoms with Crippen molar-refractivity contribution >= 4 is 29.0 Å². The predicted molar refractivity (Wildman–Crippen MR) is 129 cm³/mol. The molecule has 1 amide bonds. The Labute approximate surface area is 193 Å². The van der Waals surface area contributed by atoms with Crippen LogP contribution in [0.1, 0.15) is 44.1 Å². The first kappa shape index (κ1) is 21.0. The molecule has 164 valence electrons. The van der Waals surface area contributed by atoms with Gasteiger partial charge in [-0.25, -0.2) is 0 Å². The van der Waals surface area contributed by atoms with Crippen LogP contribution < -0.4 is 10.2 Å². The molecular weight excluding hydrogens is 420 g/mol. The SMILES string of the molecule is O=C(Nc1cccc(-c2ccc(N3CCCC3)nn2)c1)C1(c2ccc(Cl)cc2)CCCC1. The highest BCUT2D eigenvalue weighted by atomic mass is 35.5. The van der Waals surface area contributed by atoms with Crippen LogP contribution in [0.5, 0.6) is 0 Å². The zero-order valence-corrected chi connectivity index (χ0v) is 18.8. The average Bonchev–Trinajstić information content (AvgIpc) is 3.53. The lowest BCUT2D eigenvalue weighted by atomic mass is 9.78. The standard InChI is InChI=1S/C26H27ClN4O/c27-21-10-8-20(9-11-21)26(14-1-2-15-26)25(32)28-22-7-5-6-19(18-22)23-12-13-24(30-29-23)31-16-3-4-17-31/h5-13,18H,1-4,14-17H2,(H,28,32). The maximum Gasteiger partial charge on any atom is 0.235 e. The van der Waals surface area contributed by atoms with Crippen molar-refractivity contribution in [2.24, 2.45) is 0 Å². The van der Waals surface area contributed by atoms with E-state index in [-0.39, 0.29) is 5.91 Å². The third kappa shape index (κ3) is 4.09. The molecule has 2 aliphatic rings. The van der Waals surface area contributed by atoms with Gasteiger partial charge in [0.1, 0.15) is 0 Å². The highest BCUT2D eigenvalue weighted by Crippen LogP contribution is 2.42. The van der Waals surface area contributed by atoms with Crippen LogP contribution in [-0.2, 0) is 10.2 Å². The first-order valence-electron chi connectivity index (χ1n) is 11.4. The number of carbonyl (C=O) groups excluding carboxylic acids is 1. The van der Waals surface area contributed by atoms with E-state index in [9.17, 15) is 4.79 Å². The fraction of sp³-hybridized carbons (Fsp3) is 0.346. The van der Waals surface area contributed by atoms with Gasteiger partial charge in [-0.2, -0.15) is 0 Å². The topological polar surface area (TPSA) is 58.1 Å². The van der Waals surface area contributed by atoms with Gasteiger partial charge in [0, 0.05) is 29.4 Å². The fourth-order valence-electron chi connectivity index (χ4n) is 5.00. The summed E-state index contributed by atoms with van der Waals surface area (Å²) in [5.41, 5.74) is 3.06. The Morgan fingerprint density at radius 2 is 1.66 bits per heavy atom. The Kier molecular flexibility index (Phi) is 5.83. The number of benzene rings is 2. The third-order valence-corrected chi connectivity index (χ3v) is 7.04. The van der Waals surface area contributed by atoms with Crippen LogP contribution >= 0.6 is 11.6 Å². The van der Waals surface area contributed by atoms with Gasteiger partial charge < -0.3 is 10.2 Å². The van der Waals surface area contributed by atoms with Crippen LogP contribution in [0.4, 0.5) is 11.5 Å². The zero-order valence-electron chi connectivity index (χ0n) is 18.1. The van der Waals surface area contributed by atoms with Crippen molar-refractivity contribution in [2.45, 2.75) is 43.9 Å². The number of amides is 1. The highest BCUT2D eigenvalue weighted by Gasteiger charge is 2.42. The van der Waals surface area contributed by atoms with Crippen molar-refractivity contribution < 1.29 is 4.79 Å². The Morgan fingerprint density at radius 3 is 2.34 bits per heavy atom. The lowest BCUT2D eigenvalue weighted by molar-refractivity contribution is -0.121. The summed E-state index contributed by atoms with van der Waals surface area (Å²) >= 11 is 6.08. The number of nitrogens with zero attached hydrogens (tertiary/aromatic N) is 3. The molecule has 5 nitrogen and oxygen atoms in total. The maximum atomic E-state index is 13.5. The van der Waals surface area contributed by atoms with E-state index in [0.717, 1.165) is 67.1 Å². The second-order valence-corrected chi connectivity index (χ2v) is 9.24. The molecule has 0 unspecified atom stereocenters. The Balaban J connectivity index is 1.36. The van der Waals surface area contributed by atoms with Gasteiger partial charge in [0.15, 0.2) is 5.82 Å². The average molecular weight is 447 g/mol. The first-order chi connectivity index (χ1) is 15.6. The normalized spacial score (nSPS) is 17.5. The molecule has 6 heteroatoms. The van der Waals surface area contributed by atoms with Crippen LogP contribution in [0, 0.1) is 0 Å². The smallest absolute Gasteiger partial charge is 0.235 e. The molecule has 2 aromatic carbocycles. The van der Waals surface area contributed by atoms with Crippen molar-refractivity contribution in [1.29, 1.82) is 0 Å². The van der Waals surface area contributed by atoms with Crippen LogP contribution in [0.2, 0.25) is 5.02 Å². The Morgan fingerprint density at radius 1 is 0.906 bits per heavy atom.